The molecular formula is C16H15Cl2N3O. The third-order valence-corrected chi connectivity index (χ3v) is 3.42. The van der Waals surface area contributed by atoms with Gasteiger partial charge in [0.25, 0.3) is 5.91 Å². The van der Waals surface area contributed by atoms with E-state index in [-0.39, 0.29) is 12.5 Å². The number of amides is 1. The first-order chi connectivity index (χ1) is 10.5. The molecule has 0 aliphatic heterocycles. The Balaban J connectivity index is 1.82. The molecule has 2 N–H and O–H groups in total. The van der Waals surface area contributed by atoms with Crippen molar-refractivity contribution in [2.75, 3.05) is 11.9 Å². The van der Waals surface area contributed by atoms with Gasteiger partial charge in [0, 0.05) is 16.3 Å². The lowest BCUT2D eigenvalue weighted by atomic mass is 10.2. The van der Waals surface area contributed by atoms with Gasteiger partial charge in [-0.3, -0.25) is 4.79 Å². The monoisotopic (exact) mass is 335 g/mol. The van der Waals surface area contributed by atoms with E-state index in [1.165, 1.54) is 11.8 Å². The Morgan fingerprint density at radius 2 is 1.91 bits per heavy atom. The Kier molecular flexibility index (Phi) is 5.81. The van der Waals surface area contributed by atoms with E-state index in [4.69, 9.17) is 23.2 Å². The summed E-state index contributed by atoms with van der Waals surface area (Å²) >= 11 is 11.8. The molecule has 0 saturated carbocycles. The summed E-state index contributed by atoms with van der Waals surface area (Å²) in [6, 6.07) is 12.8. The molecule has 2 aromatic carbocycles. The van der Waals surface area contributed by atoms with Gasteiger partial charge in [-0.2, -0.15) is 5.10 Å². The second-order valence-electron chi connectivity index (χ2n) is 4.68. The smallest absolute Gasteiger partial charge is 0.259 e. The zero-order chi connectivity index (χ0) is 15.9. The number of hydrogen-bond acceptors (Lipinski definition) is 3. The Hall–Kier alpha value is -2.04. The molecule has 0 aliphatic rings. The number of hydrogen-bond donors (Lipinski definition) is 2. The Labute approximate surface area is 139 Å². The molecule has 0 saturated heterocycles. The first-order valence-corrected chi connectivity index (χ1v) is 7.38. The van der Waals surface area contributed by atoms with Crippen LogP contribution < -0.4 is 10.7 Å². The third kappa shape index (κ3) is 5.06. The van der Waals surface area contributed by atoms with Crippen LogP contribution in [0, 0.1) is 6.92 Å². The first-order valence-electron chi connectivity index (χ1n) is 6.62. The van der Waals surface area contributed by atoms with E-state index >= 15 is 0 Å². The highest BCUT2D eigenvalue weighted by Gasteiger charge is 2.01. The summed E-state index contributed by atoms with van der Waals surface area (Å²) in [6.45, 7) is 2.14. The predicted molar refractivity (Wildman–Crippen MR) is 91.9 cm³/mol. The third-order valence-electron chi connectivity index (χ3n) is 2.86. The van der Waals surface area contributed by atoms with Crippen LogP contribution in [0.3, 0.4) is 0 Å². The van der Waals surface area contributed by atoms with Gasteiger partial charge in [0.15, 0.2) is 0 Å². The van der Waals surface area contributed by atoms with Crippen molar-refractivity contribution >= 4 is 41.0 Å². The van der Waals surface area contributed by atoms with E-state index < -0.39 is 0 Å². The maximum atomic E-state index is 11.7. The molecule has 22 heavy (non-hydrogen) atoms. The quantitative estimate of drug-likeness (QED) is 0.643. The lowest BCUT2D eigenvalue weighted by molar-refractivity contribution is -0.119. The van der Waals surface area contributed by atoms with Crippen LogP contribution in [0.25, 0.3) is 0 Å². The summed E-state index contributed by atoms with van der Waals surface area (Å²) in [5.41, 5.74) is 5.16. The maximum absolute atomic E-state index is 11.7. The van der Waals surface area contributed by atoms with Crippen LogP contribution in [0.5, 0.6) is 0 Å². The number of carbonyl (C=O) groups excluding carboxylic acids is 1. The van der Waals surface area contributed by atoms with Crippen molar-refractivity contribution in [3.8, 4) is 0 Å². The largest absolute Gasteiger partial charge is 0.376 e. The highest BCUT2D eigenvalue weighted by molar-refractivity contribution is 6.36. The Morgan fingerprint density at radius 3 is 2.59 bits per heavy atom. The molecule has 2 aromatic rings. The summed E-state index contributed by atoms with van der Waals surface area (Å²) in [5, 5.41) is 7.90. The summed E-state index contributed by atoms with van der Waals surface area (Å²) in [7, 11) is 0. The highest BCUT2D eigenvalue weighted by Crippen LogP contribution is 2.19. The van der Waals surface area contributed by atoms with E-state index in [0.717, 1.165) is 5.69 Å². The molecular weight excluding hydrogens is 321 g/mol. The van der Waals surface area contributed by atoms with E-state index in [2.05, 4.69) is 15.8 Å². The number of halogens is 2. The van der Waals surface area contributed by atoms with Crippen LogP contribution in [-0.2, 0) is 4.79 Å². The number of benzene rings is 2. The molecule has 0 heterocycles. The highest BCUT2D eigenvalue weighted by atomic mass is 35.5. The van der Waals surface area contributed by atoms with E-state index in [0.29, 0.717) is 15.6 Å². The van der Waals surface area contributed by atoms with Crippen molar-refractivity contribution < 1.29 is 4.79 Å². The van der Waals surface area contributed by atoms with Gasteiger partial charge < -0.3 is 5.32 Å². The van der Waals surface area contributed by atoms with Gasteiger partial charge >= 0.3 is 0 Å². The van der Waals surface area contributed by atoms with Crippen LogP contribution in [0.2, 0.25) is 10.0 Å². The lowest BCUT2D eigenvalue weighted by Crippen LogP contribution is -2.25. The number of anilines is 1. The minimum Gasteiger partial charge on any atom is -0.376 e. The number of rotatable bonds is 5. The number of carbonyl (C=O) groups is 1. The van der Waals surface area contributed by atoms with Gasteiger partial charge in [-0.05, 0) is 31.2 Å². The van der Waals surface area contributed by atoms with Crippen LogP contribution >= 0.6 is 23.2 Å². The fraction of sp³-hybridized carbons (Fsp3) is 0.125. The number of nitrogens with one attached hydrogen (secondary N) is 2. The van der Waals surface area contributed by atoms with Crippen LogP contribution in [0.15, 0.2) is 47.6 Å². The molecule has 1 amide bonds. The Morgan fingerprint density at radius 1 is 1.18 bits per heavy atom. The molecule has 0 bridgehead atoms. The van der Waals surface area contributed by atoms with Crippen molar-refractivity contribution in [3.05, 3.63) is 63.6 Å². The zero-order valence-electron chi connectivity index (χ0n) is 11.9. The molecule has 0 radical (unpaired) electrons. The SMILES string of the molecule is Cc1ccc(NCC(=O)N/N=C/c2ccc(Cl)cc2Cl)cc1. The summed E-state index contributed by atoms with van der Waals surface area (Å²) in [5.74, 6) is -0.248. The molecule has 0 aliphatic carbocycles. The number of aryl methyl sites for hydroxylation is 1. The summed E-state index contributed by atoms with van der Waals surface area (Å²) in [6.07, 6.45) is 1.47. The normalized spacial score (nSPS) is 10.7. The first kappa shape index (κ1) is 16.3. The van der Waals surface area contributed by atoms with Crippen LogP contribution in [-0.4, -0.2) is 18.7 Å². The minimum absolute atomic E-state index is 0.134. The van der Waals surface area contributed by atoms with Crippen LogP contribution in [0.4, 0.5) is 5.69 Å². The van der Waals surface area contributed by atoms with Gasteiger partial charge in [0.05, 0.1) is 17.8 Å². The van der Waals surface area contributed by atoms with E-state index in [9.17, 15) is 4.79 Å². The van der Waals surface area contributed by atoms with Crippen molar-refractivity contribution in [2.45, 2.75) is 6.92 Å². The fourth-order valence-electron chi connectivity index (χ4n) is 1.67. The standard InChI is InChI=1S/C16H15Cl2N3O/c1-11-2-6-14(7-3-11)19-10-16(22)21-20-9-12-4-5-13(17)8-15(12)18/h2-9,19H,10H2,1H3,(H,21,22)/b20-9+. The van der Waals surface area contributed by atoms with Crippen molar-refractivity contribution in [1.29, 1.82) is 0 Å². The van der Waals surface area contributed by atoms with Crippen molar-refractivity contribution in [3.63, 3.8) is 0 Å². The molecule has 6 heteroatoms. The maximum Gasteiger partial charge on any atom is 0.259 e. The Bertz CT molecular complexity index is 684. The average molecular weight is 336 g/mol. The van der Waals surface area contributed by atoms with Gasteiger partial charge in [-0.15, -0.1) is 0 Å². The predicted octanol–water partition coefficient (Wildman–Crippen LogP) is 3.86. The van der Waals surface area contributed by atoms with Gasteiger partial charge in [-0.25, -0.2) is 5.43 Å². The lowest BCUT2D eigenvalue weighted by Gasteiger charge is -2.05. The summed E-state index contributed by atoms with van der Waals surface area (Å²) < 4.78 is 0. The van der Waals surface area contributed by atoms with Gasteiger partial charge in [0.1, 0.15) is 0 Å². The van der Waals surface area contributed by atoms with Crippen molar-refractivity contribution in [2.24, 2.45) is 5.10 Å². The fourth-order valence-corrected chi connectivity index (χ4v) is 2.13. The number of nitrogens with zero attached hydrogens (tertiary/aromatic N) is 1. The molecule has 4 nitrogen and oxygen atoms in total. The van der Waals surface area contributed by atoms with E-state index in [1.807, 2.05) is 31.2 Å². The molecule has 0 spiro atoms. The second kappa shape index (κ2) is 7.82. The minimum atomic E-state index is -0.248. The molecule has 0 atom stereocenters. The van der Waals surface area contributed by atoms with Gasteiger partial charge in [-0.1, -0.05) is 47.0 Å². The van der Waals surface area contributed by atoms with Crippen LogP contribution in [0.1, 0.15) is 11.1 Å². The van der Waals surface area contributed by atoms with E-state index in [1.54, 1.807) is 18.2 Å². The number of hydrazone groups is 1. The summed E-state index contributed by atoms with van der Waals surface area (Å²) in [4.78, 5) is 11.7. The molecule has 0 aromatic heterocycles. The molecule has 2 rings (SSSR count). The zero-order valence-corrected chi connectivity index (χ0v) is 13.4. The molecule has 0 unspecified atom stereocenters. The topological polar surface area (TPSA) is 53.5 Å². The molecule has 0 fully saturated rings. The molecule has 114 valence electrons. The van der Waals surface area contributed by atoms with Gasteiger partial charge in [0.2, 0.25) is 0 Å². The van der Waals surface area contributed by atoms with Crippen molar-refractivity contribution in [1.82, 2.24) is 5.43 Å². The average Bonchev–Trinajstić information content (AvgIpc) is 2.49. The second-order valence-corrected chi connectivity index (χ2v) is 5.52.